The van der Waals surface area contributed by atoms with Gasteiger partial charge in [0, 0.05) is 37.3 Å². The molecule has 0 aliphatic carbocycles. The topological polar surface area (TPSA) is 23.6 Å². The van der Waals surface area contributed by atoms with E-state index in [1.807, 2.05) is 43.1 Å². The Morgan fingerprint density at radius 1 is 1.15 bits per heavy atom. The zero-order valence-corrected chi connectivity index (χ0v) is 16.9. The van der Waals surface area contributed by atoms with E-state index >= 15 is 0 Å². The predicted octanol–water partition coefficient (Wildman–Crippen LogP) is 5.08. The van der Waals surface area contributed by atoms with E-state index in [4.69, 9.17) is 11.6 Å². The fraction of sp³-hybridized carbons (Fsp3) is 0.381. The minimum Gasteiger partial charge on any atom is -0.371 e. The van der Waals surface area contributed by atoms with Crippen LogP contribution >= 0.6 is 23.4 Å². The Bertz CT molecular complexity index is 761. The molecule has 1 saturated heterocycles. The molecular formula is C21H25ClN2OS. The molecular weight excluding hydrogens is 364 g/mol. The van der Waals surface area contributed by atoms with Gasteiger partial charge < -0.3 is 9.80 Å². The standard InChI is InChI=1S/C21H25ClN2OS/c1-16(26-20-12-6-4-10-18(20)22)21(25)23(2)15-17-9-3-5-11-19(17)24-13-7-8-14-24/h3-6,9-12,16H,7-8,13-15H2,1-2H3. The number of hydrogen-bond acceptors (Lipinski definition) is 3. The highest BCUT2D eigenvalue weighted by molar-refractivity contribution is 8.00. The van der Waals surface area contributed by atoms with Gasteiger partial charge in [-0.15, -0.1) is 11.8 Å². The van der Waals surface area contributed by atoms with Crippen LogP contribution < -0.4 is 4.90 Å². The van der Waals surface area contributed by atoms with Crippen LogP contribution in [0, 0.1) is 0 Å². The van der Waals surface area contributed by atoms with Crippen molar-refractivity contribution in [3.63, 3.8) is 0 Å². The van der Waals surface area contributed by atoms with E-state index in [2.05, 4.69) is 29.2 Å². The van der Waals surface area contributed by atoms with E-state index in [1.165, 1.54) is 35.9 Å². The third-order valence-electron chi connectivity index (χ3n) is 4.71. The van der Waals surface area contributed by atoms with Gasteiger partial charge in [0.2, 0.25) is 5.91 Å². The second-order valence-corrected chi connectivity index (χ2v) is 8.50. The molecule has 3 rings (SSSR count). The summed E-state index contributed by atoms with van der Waals surface area (Å²) in [5.41, 5.74) is 2.47. The molecule has 3 nitrogen and oxygen atoms in total. The van der Waals surface area contributed by atoms with Gasteiger partial charge in [0.1, 0.15) is 0 Å². The molecule has 0 spiro atoms. The van der Waals surface area contributed by atoms with Crippen LogP contribution in [-0.4, -0.2) is 36.2 Å². The first-order chi connectivity index (χ1) is 12.6. The number of hydrogen-bond donors (Lipinski definition) is 0. The largest absolute Gasteiger partial charge is 0.371 e. The maximum absolute atomic E-state index is 12.8. The van der Waals surface area contributed by atoms with Gasteiger partial charge >= 0.3 is 0 Å². The number of carbonyl (C=O) groups is 1. The zero-order chi connectivity index (χ0) is 18.5. The Balaban J connectivity index is 1.67. The molecule has 2 aromatic rings. The van der Waals surface area contributed by atoms with Crippen molar-refractivity contribution in [3.8, 4) is 0 Å². The van der Waals surface area contributed by atoms with Gasteiger partial charge in [-0.3, -0.25) is 4.79 Å². The van der Waals surface area contributed by atoms with Crippen LogP contribution in [0.3, 0.4) is 0 Å². The second-order valence-electron chi connectivity index (χ2n) is 6.71. The lowest BCUT2D eigenvalue weighted by Gasteiger charge is -2.26. The van der Waals surface area contributed by atoms with Crippen molar-refractivity contribution < 1.29 is 4.79 Å². The maximum atomic E-state index is 12.8. The van der Waals surface area contributed by atoms with E-state index < -0.39 is 0 Å². The molecule has 1 aliphatic heterocycles. The van der Waals surface area contributed by atoms with Crippen LogP contribution in [0.25, 0.3) is 0 Å². The summed E-state index contributed by atoms with van der Waals surface area (Å²) in [6.45, 7) is 4.78. The summed E-state index contributed by atoms with van der Waals surface area (Å²) in [6.07, 6.45) is 2.49. The molecule has 26 heavy (non-hydrogen) atoms. The molecule has 5 heteroatoms. The molecule has 0 saturated carbocycles. The average Bonchev–Trinajstić information content (AvgIpc) is 3.18. The fourth-order valence-electron chi connectivity index (χ4n) is 3.34. The number of benzene rings is 2. The van der Waals surface area contributed by atoms with Gasteiger partial charge in [-0.2, -0.15) is 0 Å². The summed E-state index contributed by atoms with van der Waals surface area (Å²) in [5.74, 6) is 0.117. The monoisotopic (exact) mass is 388 g/mol. The Morgan fingerprint density at radius 3 is 2.54 bits per heavy atom. The Labute approximate surface area is 165 Å². The number of para-hydroxylation sites is 1. The smallest absolute Gasteiger partial charge is 0.235 e. The third kappa shape index (κ3) is 4.54. The molecule has 1 heterocycles. The van der Waals surface area contributed by atoms with E-state index in [-0.39, 0.29) is 11.2 Å². The number of anilines is 1. The first-order valence-electron chi connectivity index (χ1n) is 9.05. The number of carbonyl (C=O) groups excluding carboxylic acids is 1. The van der Waals surface area contributed by atoms with E-state index in [0.29, 0.717) is 11.6 Å². The molecule has 1 atom stereocenters. The predicted molar refractivity (Wildman–Crippen MR) is 111 cm³/mol. The van der Waals surface area contributed by atoms with Crippen LogP contribution in [-0.2, 0) is 11.3 Å². The van der Waals surface area contributed by atoms with Crippen LogP contribution in [0.4, 0.5) is 5.69 Å². The summed E-state index contributed by atoms with van der Waals surface area (Å²) >= 11 is 7.74. The quantitative estimate of drug-likeness (QED) is 0.644. The summed E-state index contributed by atoms with van der Waals surface area (Å²) in [4.78, 5) is 18.0. The van der Waals surface area contributed by atoms with Gasteiger partial charge in [-0.1, -0.05) is 41.9 Å². The minimum absolute atomic E-state index is 0.117. The first-order valence-corrected chi connectivity index (χ1v) is 10.3. The van der Waals surface area contributed by atoms with Crippen LogP contribution in [0.1, 0.15) is 25.3 Å². The molecule has 0 aromatic heterocycles. The van der Waals surface area contributed by atoms with Gasteiger partial charge in [0.05, 0.1) is 10.3 Å². The third-order valence-corrected chi connectivity index (χ3v) is 6.32. The van der Waals surface area contributed by atoms with Crippen molar-refractivity contribution in [1.82, 2.24) is 4.90 Å². The van der Waals surface area contributed by atoms with Gasteiger partial charge in [0.15, 0.2) is 0 Å². The van der Waals surface area contributed by atoms with Crippen molar-refractivity contribution in [2.75, 3.05) is 25.0 Å². The zero-order valence-electron chi connectivity index (χ0n) is 15.3. The van der Waals surface area contributed by atoms with Crippen LogP contribution in [0.2, 0.25) is 5.02 Å². The van der Waals surface area contributed by atoms with Gasteiger partial charge in [0.25, 0.3) is 0 Å². The molecule has 2 aromatic carbocycles. The number of amides is 1. The summed E-state index contributed by atoms with van der Waals surface area (Å²) in [5, 5.41) is 0.512. The SMILES string of the molecule is CC(Sc1ccccc1Cl)C(=O)N(C)Cc1ccccc1N1CCCC1. The lowest BCUT2D eigenvalue weighted by Crippen LogP contribution is -2.33. The Morgan fingerprint density at radius 2 is 1.81 bits per heavy atom. The number of thioether (sulfide) groups is 1. The van der Waals surface area contributed by atoms with Crippen molar-refractivity contribution in [3.05, 3.63) is 59.1 Å². The molecule has 1 fully saturated rings. The molecule has 0 bridgehead atoms. The van der Waals surface area contributed by atoms with E-state index in [9.17, 15) is 4.79 Å². The highest BCUT2D eigenvalue weighted by Crippen LogP contribution is 2.31. The Kier molecular flexibility index (Phi) is 6.49. The lowest BCUT2D eigenvalue weighted by atomic mass is 10.1. The molecule has 0 N–H and O–H groups in total. The fourth-order valence-corrected chi connectivity index (χ4v) is 4.60. The van der Waals surface area contributed by atoms with Gasteiger partial charge in [-0.05, 0) is 43.5 Å². The summed E-state index contributed by atoms with van der Waals surface area (Å²) < 4.78 is 0. The van der Waals surface area contributed by atoms with Crippen LogP contribution in [0.5, 0.6) is 0 Å². The number of halogens is 1. The van der Waals surface area contributed by atoms with Gasteiger partial charge in [-0.25, -0.2) is 0 Å². The molecule has 1 amide bonds. The molecule has 1 aliphatic rings. The Hall–Kier alpha value is -1.65. The highest BCUT2D eigenvalue weighted by atomic mass is 35.5. The number of rotatable bonds is 6. The minimum atomic E-state index is -0.182. The first kappa shape index (κ1) is 19.1. The number of nitrogens with zero attached hydrogens (tertiary/aromatic N) is 2. The second kappa shape index (κ2) is 8.83. The molecule has 138 valence electrons. The van der Waals surface area contributed by atoms with Crippen LogP contribution in [0.15, 0.2) is 53.4 Å². The summed E-state index contributed by atoms with van der Waals surface area (Å²) in [6, 6.07) is 16.1. The molecule has 0 radical (unpaired) electrons. The van der Waals surface area contributed by atoms with E-state index in [1.54, 1.807) is 0 Å². The van der Waals surface area contributed by atoms with Crippen molar-refractivity contribution in [2.24, 2.45) is 0 Å². The lowest BCUT2D eigenvalue weighted by molar-refractivity contribution is -0.129. The summed E-state index contributed by atoms with van der Waals surface area (Å²) in [7, 11) is 1.88. The van der Waals surface area contributed by atoms with Crippen molar-refractivity contribution >= 4 is 35.0 Å². The van der Waals surface area contributed by atoms with Crippen molar-refractivity contribution in [2.45, 2.75) is 36.5 Å². The molecule has 1 unspecified atom stereocenters. The van der Waals surface area contributed by atoms with Crippen molar-refractivity contribution in [1.29, 1.82) is 0 Å². The normalized spacial score (nSPS) is 15.1. The maximum Gasteiger partial charge on any atom is 0.235 e. The van der Waals surface area contributed by atoms with E-state index in [0.717, 1.165) is 18.0 Å². The average molecular weight is 389 g/mol. The highest BCUT2D eigenvalue weighted by Gasteiger charge is 2.22.